The minimum absolute atomic E-state index is 0.00520. The Morgan fingerprint density at radius 2 is 1.65 bits per heavy atom. The maximum atomic E-state index is 12.7. The van der Waals surface area contributed by atoms with Gasteiger partial charge in [0, 0.05) is 43.6 Å². The van der Waals surface area contributed by atoms with Gasteiger partial charge in [0.05, 0.1) is 12.6 Å². The monoisotopic (exact) mass is 431 g/mol. The summed E-state index contributed by atoms with van der Waals surface area (Å²) in [6.07, 6.45) is -2.17. The number of hydrogen-bond donors (Lipinski definition) is 2. The van der Waals surface area contributed by atoms with Crippen molar-refractivity contribution in [2.75, 3.05) is 36.0 Å². The van der Waals surface area contributed by atoms with Crippen molar-refractivity contribution in [3.8, 4) is 11.4 Å². The second-order valence-electron chi connectivity index (χ2n) is 7.26. The number of piperazine rings is 1. The number of pyridine rings is 1. The maximum absolute atomic E-state index is 12.7. The second-order valence-corrected chi connectivity index (χ2v) is 7.26. The molecule has 7 nitrogen and oxygen atoms in total. The quantitative estimate of drug-likeness (QED) is 0.644. The zero-order chi connectivity index (χ0) is 22.0. The third-order valence-electron chi connectivity index (χ3n) is 5.16. The van der Waals surface area contributed by atoms with Crippen LogP contribution in [0.15, 0.2) is 48.8 Å². The fraction of sp³-hybridized carbons (Fsp3) is 0.286. The topological polar surface area (TPSA) is 85.4 Å². The summed E-state index contributed by atoms with van der Waals surface area (Å²) in [4.78, 5) is 25.6. The van der Waals surface area contributed by atoms with Crippen LogP contribution in [-0.4, -0.2) is 52.2 Å². The van der Waals surface area contributed by atoms with E-state index in [1.54, 1.807) is 12.1 Å². The predicted molar refractivity (Wildman–Crippen MR) is 109 cm³/mol. The van der Waals surface area contributed by atoms with Gasteiger partial charge in [-0.3, -0.25) is 4.79 Å². The van der Waals surface area contributed by atoms with E-state index < -0.39 is 17.8 Å². The molecule has 4 rings (SSSR count). The van der Waals surface area contributed by atoms with Gasteiger partial charge in [-0.1, -0.05) is 12.1 Å². The van der Waals surface area contributed by atoms with Crippen molar-refractivity contribution < 1.29 is 23.1 Å². The lowest BCUT2D eigenvalue weighted by molar-refractivity contribution is -0.141. The molecule has 1 aromatic carbocycles. The van der Waals surface area contributed by atoms with E-state index in [1.165, 1.54) is 6.20 Å². The van der Waals surface area contributed by atoms with Crippen molar-refractivity contribution in [1.82, 2.24) is 15.0 Å². The SMILES string of the molecule is O=C(O)Cc1ccc(N2CCN(c3ccc(-c4ncc(C(F)(F)F)[nH]4)cn3)CC2)cc1. The minimum Gasteiger partial charge on any atom is -0.481 e. The Morgan fingerprint density at radius 1 is 0.968 bits per heavy atom. The molecule has 0 spiro atoms. The van der Waals surface area contributed by atoms with Crippen LogP contribution in [-0.2, 0) is 17.4 Å². The number of carboxylic acids is 1. The Hall–Kier alpha value is -3.56. The van der Waals surface area contributed by atoms with E-state index in [-0.39, 0.29) is 12.2 Å². The lowest BCUT2D eigenvalue weighted by Crippen LogP contribution is -2.46. The smallest absolute Gasteiger partial charge is 0.432 e. The number of hydrogen-bond acceptors (Lipinski definition) is 5. The first-order chi connectivity index (χ1) is 14.8. The van der Waals surface area contributed by atoms with Gasteiger partial charge < -0.3 is 19.9 Å². The normalized spacial score (nSPS) is 14.7. The highest BCUT2D eigenvalue weighted by Gasteiger charge is 2.33. The Kier molecular flexibility index (Phi) is 5.53. The van der Waals surface area contributed by atoms with Crippen molar-refractivity contribution >= 4 is 17.5 Å². The van der Waals surface area contributed by atoms with Crippen molar-refractivity contribution in [2.45, 2.75) is 12.6 Å². The van der Waals surface area contributed by atoms with E-state index in [0.29, 0.717) is 5.56 Å². The number of nitrogens with zero attached hydrogens (tertiary/aromatic N) is 4. The number of rotatable bonds is 5. The van der Waals surface area contributed by atoms with Crippen LogP contribution in [0.4, 0.5) is 24.7 Å². The molecule has 1 saturated heterocycles. The molecule has 0 aliphatic carbocycles. The van der Waals surface area contributed by atoms with E-state index in [0.717, 1.165) is 49.4 Å². The van der Waals surface area contributed by atoms with Crippen LogP contribution < -0.4 is 9.80 Å². The first-order valence-electron chi connectivity index (χ1n) is 9.69. The van der Waals surface area contributed by atoms with E-state index in [4.69, 9.17) is 5.11 Å². The largest absolute Gasteiger partial charge is 0.481 e. The maximum Gasteiger partial charge on any atom is 0.432 e. The lowest BCUT2D eigenvalue weighted by atomic mass is 10.1. The Bertz CT molecular complexity index is 1040. The van der Waals surface area contributed by atoms with Crippen LogP contribution in [0.1, 0.15) is 11.3 Å². The van der Waals surface area contributed by atoms with Gasteiger partial charge in [-0.05, 0) is 29.8 Å². The van der Waals surface area contributed by atoms with E-state index >= 15 is 0 Å². The Labute approximate surface area is 176 Å². The Balaban J connectivity index is 1.37. The molecular weight excluding hydrogens is 411 g/mol. The van der Waals surface area contributed by atoms with Crippen molar-refractivity contribution in [3.63, 3.8) is 0 Å². The molecule has 0 unspecified atom stereocenters. The highest BCUT2D eigenvalue weighted by atomic mass is 19.4. The second kappa shape index (κ2) is 8.29. The number of benzene rings is 1. The molecule has 162 valence electrons. The number of carbonyl (C=O) groups is 1. The van der Waals surface area contributed by atoms with Crippen LogP contribution in [0.5, 0.6) is 0 Å². The summed E-state index contributed by atoms with van der Waals surface area (Å²) in [6.45, 7) is 3.02. The molecular formula is C21H20F3N5O2. The number of H-pyrrole nitrogens is 1. The van der Waals surface area contributed by atoms with Crippen LogP contribution in [0.25, 0.3) is 11.4 Å². The van der Waals surface area contributed by atoms with Gasteiger partial charge >= 0.3 is 12.1 Å². The lowest BCUT2D eigenvalue weighted by Gasteiger charge is -2.36. The number of aromatic nitrogens is 3. The van der Waals surface area contributed by atoms with Gasteiger partial charge in [-0.2, -0.15) is 13.2 Å². The number of alkyl halides is 3. The molecule has 1 aliphatic heterocycles. The van der Waals surface area contributed by atoms with Gasteiger partial charge in [-0.15, -0.1) is 0 Å². The van der Waals surface area contributed by atoms with Crippen molar-refractivity contribution in [3.05, 3.63) is 60.0 Å². The number of imidazole rings is 1. The summed E-state index contributed by atoms with van der Waals surface area (Å²) >= 11 is 0. The van der Waals surface area contributed by atoms with Gasteiger partial charge in [-0.25, -0.2) is 9.97 Å². The average Bonchev–Trinajstić information content (AvgIpc) is 3.25. The first-order valence-corrected chi connectivity index (χ1v) is 9.69. The third-order valence-corrected chi connectivity index (χ3v) is 5.16. The summed E-state index contributed by atoms with van der Waals surface area (Å²) in [6, 6.07) is 11.0. The summed E-state index contributed by atoms with van der Waals surface area (Å²) in [7, 11) is 0. The number of nitrogens with one attached hydrogen (secondary N) is 1. The van der Waals surface area contributed by atoms with Crippen LogP contribution in [0.2, 0.25) is 0 Å². The highest BCUT2D eigenvalue weighted by Crippen LogP contribution is 2.29. The van der Waals surface area contributed by atoms with Gasteiger partial charge in [0.2, 0.25) is 0 Å². The molecule has 0 radical (unpaired) electrons. The van der Waals surface area contributed by atoms with Crippen LogP contribution >= 0.6 is 0 Å². The molecule has 10 heteroatoms. The molecule has 0 saturated carbocycles. The molecule has 31 heavy (non-hydrogen) atoms. The highest BCUT2D eigenvalue weighted by molar-refractivity contribution is 5.70. The molecule has 0 atom stereocenters. The fourth-order valence-electron chi connectivity index (χ4n) is 3.52. The molecule has 1 fully saturated rings. The predicted octanol–water partition coefficient (Wildman–Crippen LogP) is 3.44. The van der Waals surface area contributed by atoms with Gasteiger partial charge in [0.25, 0.3) is 0 Å². The van der Waals surface area contributed by atoms with Crippen molar-refractivity contribution in [1.29, 1.82) is 0 Å². The molecule has 2 aromatic heterocycles. The standard InChI is InChI=1S/C21H20F3N5O2/c22-21(23,24)17-13-26-20(27-17)15-3-6-18(25-12-15)29-9-7-28(8-10-29)16-4-1-14(2-5-16)11-19(30)31/h1-6,12-13H,7-11H2,(H,26,27)(H,30,31). The molecule has 3 heterocycles. The molecule has 2 N–H and O–H groups in total. The average molecular weight is 431 g/mol. The first kappa shape index (κ1) is 20.7. The van der Waals surface area contributed by atoms with E-state index in [2.05, 4.69) is 24.8 Å². The van der Waals surface area contributed by atoms with Crippen molar-refractivity contribution in [2.24, 2.45) is 0 Å². The number of carboxylic acid groups (broad SMARTS) is 1. The summed E-state index contributed by atoms with van der Waals surface area (Å²) in [5, 5.41) is 8.87. The fourth-order valence-corrected chi connectivity index (χ4v) is 3.52. The molecule has 3 aromatic rings. The number of anilines is 2. The zero-order valence-corrected chi connectivity index (χ0v) is 16.4. The van der Waals surface area contributed by atoms with E-state index in [9.17, 15) is 18.0 Å². The molecule has 1 aliphatic rings. The number of aromatic amines is 1. The summed E-state index contributed by atoms with van der Waals surface area (Å²) in [5.74, 6) is 0.0260. The summed E-state index contributed by atoms with van der Waals surface area (Å²) < 4.78 is 38.2. The third kappa shape index (κ3) is 4.79. The number of aliphatic carboxylic acids is 1. The summed E-state index contributed by atoms with van der Waals surface area (Å²) in [5.41, 5.74) is 1.39. The minimum atomic E-state index is -4.46. The van der Waals surface area contributed by atoms with Crippen LogP contribution in [0, 0.1) is 0 Å². The molecule has 0 bridgehead atoms. The van der Waals surface area contributed by atoms with E-state index in [1.807, 2.05) is 24.3 Å². The van der Waals surface area contributed by atoms with Gasteiger partial charge in [0.15, 0.2) is 0 Å². The number of halogens is 3. The Morgan fingerprint density at radius 3 is 2.19 bits per heavy atom. The van der Waals surface area contributed by atoms with Crippen LogP contribution in [0.3, 0.4) is 0 Å². The van der Waals surface area contributed by atoms with Gasteiger partial charge in [0.1, 0.15) is 17.3 Å². The molecule has 0 amide bonds. The zero-order valence-electron chi connectivity index (χ0n) is 16.4.